The van der Waals surface area contributed by atoms with E-state index in [1.54, 1.807) is 19.2 Å². The lowest BCUT2D eigenvalue weighted by Gasteiger charge is -2.32. The second kappa shape index (κ2) is 9.12. The van der Waals surface area contributed by atoms with Crippen LogP contribution in [0.2, 0.25) is 0 Å². The fraction of sp³-hybridized carbons (Fsp3) is 0.400. The van der Waals surface area contributed by atoms with E-state index in [0.29, 0.717) is 34.6 Å². The molecule has 31 heavy (non-hydrogen) atoms. The number of quaternary nitrogens is 1. The summed E-state index contributed by atoms with van der Waals surface area (Å²) in [5, 5.41) is 0.547. The van der Waals surface area contributed by atoms with Crippen molar-refractivity contribution in [3.05, 3.63) is 58.4 Å². The highest BCUT2D eigenvalue weighted by Crippen LogP contribution is 2.27. The van der Waals surface area contributed by atoms with Crippen LogP contribution in [-0.2, 0) is 4.74 Å². The third-order valence-corrected chi connectivity index (χ3v) is 5.76. The van der Waals surface area contributed by atoms with Crippen molar-refractivity contribution in [1.82, 2.24) is 0 Å². The van der Waals surface area contributed by atoms with Crippen LogP contribution < -0.4 is 19.8 Å². The van der Waals surface area contributed by atoms with Gasteiger partial charge in [0.1, 0.15) is 61.3 Å². The number of morpholine rings is 1. The van der Waals surface area contributed by atoms with Gasteiger partial charge < -0.3 is 23.5 Å². The van der Waals surface area contributed by atoms with Gasteiger partial charge in [0.15, 0.2) is 0 Å². The van der Waals surface area contributed by atoms with Crippen molar-refractivity contribution >= 4 is 11.0 Å². The van der Waals surface area contributed by atoms with E-state index in [0.717, 1.165) is 30.9 Å². The molecule has 1 saturated heterocycles. The van der Waals surface area contributed by atoms with E-state index in [2.05, 4.69) is 13.8 Å². The maximum Gasteiger partial charge on any atom is 0.200 e. The highest BCUT2D eigenvalue weighted by Gasteiger charge is 2.25. The first-order chi connectivity index (χ1) is 14.9. The average Bonchev–Trinajstić information content (AvgIpc) is 2.73. The summed E-state index contributed by atoms with van der Waals surface area (Å²) in [6.07, 6.45) is 0.549. The predicted molar refractivity (Wildman–Crippen MR) is 120 cm³/mol. The van der Waals surface area contributed by atoms with Crippen LogP contribution in [0.25, 0.3) is 22.1 Å². The standard InChI is InChI=1S/C25H29NO5/c1-16-14-26(15-17(2)30-16)11-12-29-21-9-10-22-23(13-21)31-18(3)24(25(22)27)19-5-7-20(28-4)8-6-19/h5-10,13,16-17H,11-12,14-15H2,1-4H3/p+1/t16-,17-/m1/s1. The molecule has 0 spiro atoms. The van der Waals surface area contributed by atoms with E-state index in [-0.39, 0.29) is 17.6 Å². The second-order valence-corrected chi connectivity index (χ2v) is 8.26. The molecule has 0 saturated carbocycles. The first-order valence-electron chi connectivity index (χ1n) is 10.8. The Morgan fingerprint density at radius 1 is 1.03 bits per heavy atom. The van der Waals surface area contributed by atoms with Crippen LogP contribution in [0.1, 0.15) is 19.6 Å². The van der Waals surface area contributed by atoms with Gasteiger partial charge in [0.05, 0.1) is 18.1 Å². The van der Waals surface area contributed by atoms with Crippen molar-refractivity contribution in [2.75, 3.05) is 33.4 Å². The van der Waals surface area contributed by atoms with E-state index < -0.39 is 0 Å². The molecule has 0 radical (unpaired) electrons. The predicted octanol–water partition coefficient (Wildman–Crippen LogP) is 2.85. The van der Waals surface area contributed by atoms with Gasteiger partial charge in [-0.3, -0.25) is 4.79 Å². The summed E-state index contributed by atoms with van der Waals surface area (Å²) >= 11 is 0. The Morgan fingerprint density at radius 3 is 2.39 bits per heavy atom. The minimum atomic E-state index is -0.0452. The fourth-order valence-electron chi connectivity index (χ4n) is 4.37. The topological polar surface area (TPSA) is 62.3 Å². The van der Waals surface area contributed by atoms with Gasteiger partial charge in [-0.05, 0) is 50.6 Å². The van der Waals surface area contributed by atoms with Crippen molar-refractivity contribution in [2.45, 2.75) is 33.0 Å². The molecule has 1 aromatic heterocycles. The molecule has 1 N–H and O–H groups in total. The number of benzene rings is 2. The number of nitrogens with one attached hydrogen (secondary N) is 1. The fourth-order valence-corrected chi connectivity index (χ4v) is 4.37. The number of hydrogen-bond donors (Lipinski definition) is 1. The molecule has 0 amide bonds. The summed E-state index contributed by atoms with van der Waals surface area (Å²) < 4.78 is 23.0. The number of ether oxygens (including phenoxy) is 3. The minimum Gasteiger partial charge on any atom is -0.497 e. The van der Waals surface area contributed by atoms with Gasteiger partial charge in [-0.1, -0.05) is 12.1 Å². The molecule has 0 aliphatic carbocycles. The molecular formula is C25H30NO5+. The Bertz CT molecular complexity index is 1100. The third kappa shape index (κ3) is 4.75. The van der Waals surface area contributed by atoms with E-state index >= 15 is 0 Å². The highest BCUT2D eigenvalue weighted by atomic mass is 16.5. The Kier molecular flexibility index (Phi) is 6.30. The van der Waals surface area contributed by atoms with E-state index in [4.69, 9.17) is 18.6 Å². The third-order valence-electron chi connectivity index (χ3n) is 5.76. The molecule has 1 aliphatic heterocycles. The zero-order valence-electron chi connectivity index (χ0n) is 18.6. The lowest BCUT2D eigenvalue weighted by Crippen LogP contribution is -3.16. The molecule has 6 nitrogen and oxygen atoms in total. The Labute approximate surface area is 182 Å². The largest absolute Gasteiger partial charge is 0.497 e. The van der Waals surface area contributed by atoms with Crippen molar-refractivity contribution < 1.29 is 23.5 Å². The highest BCUT2D eigenvalue weighted by molar-refractivity contribution is 5.83. The SMILES string of the molecule is COc1ccc(-c2c(C)oc3cc(OCC[NH+]4C[C@@H](C)O[C@H](C)C4)ccc3c2=O)cc1. The van der Waals surface area contributed by atoms with Crippen molar-refractivity contribution in [3.63, 3.8) is 0 Å². The molecule has 3 aromatic rings. The smallest absolute Gasteiger partial charge is 0.200 e. The van der Waals surface area contributed by atoms with Gasteiger partial charge in [0, 0.05) is 6.07 Å². The van der Waals surface area contributed by atoms with Crippen LogP contribution in [0.4, 0.5) is 0 Å². The zero-order valence-corrected chi connectivity index (χ0v) is 18.6. The molecule has 6 heteroatoms. The molecule has 1 aliphatic rings. The first kappa shape index (κ1) is 21.4. The second-order valence-electron chi connectivity index (χ2n) is 8.26. The molecule has 2 atom stereocenters. The first-order valence-corrected chi connectivity index (χ1v) is 10.8. The van der Waals surface area contributed by atoms with Gasteiger partial charge >= 0.3 is 0 Å². The van der Waals surface area contributed by atoms with E-state index in [9.17, 15) is 4.79 Å². The summed E-state index contributed by atoms with van der Waals surface area (Å²) in [6.45, 7) is 9.55. The number of fused-ring (bicyclic) bond motifs is 1. The normalized spacial score (nSPS) is 21.2. The lowest BCUT2D eigenvalue weighted by molar-refractivity contribution is -0.915. The molecule has 1 fully saturated rings. The molecule has 2 heterocycles. The van der Waals surface area contributed by atoms with Crippen LogP contribution in [-0.4, -0.2) is 45.6 Å². The number of aryl methyl sites for hydroxylation is 1. The molecule has 164 valence electrons. The van der Waals surface area contributed by atoms with Crippen LogP contribution in [0.15, 0.2) is 51.7 Å². The van der Waals surface area contributed by atoms with Gasteiger partial charge in [-0.25, -0.2) is 0 Å². The van der Waals surface area contributed by atoms with Gasteiger partial charge in [0.25, 0.3) is 0 Å². The molecule has 2 aromatic carbocycles. The summed E-state index contributed by atoms with van der Waals surface area (Å²) in [7, 11) is 1.62. The quantitative estimate of drug-likeness (QED) is 0.659. The van der Waals surface area contributed by atoms with Crippen LogP contribution in [0.3, 0.4) is 0 Å². The minimum absolute atomic E-state index is 0.0452. The van der Waals surface area contributed by atoms with Crippen molar-refractivity contribution in [3.8, 4) is 22.6 Å². The number of methoxy groups -OCH3 is 1. The van der Waals surface area contributed by atoms with E-state index in [1.807, 2.05) is 37.3 Å². The molecular weight excluding hydrogens is 394 g/mol. The Morgan fingerprint density at radius 2 is 1.71 bits per heavy atom. The molecule has 4 rings (SSSR count). The molecule has 0 unspecified atom stereocenters. The zero-order chi connectivity index (χ0) is 22.0. The van der Waals surface area contributed by atoms with Crippen molar-refractivity contribution in [1.29, 1.82) is 0 Å². The summed E-state index contributed by atoms with van der Waals surface area (Å²) in [5.41, 5.74) is 1.88. The van der Waals surface area contributed by atoms with Gasteiger partial charge in [-0.2, -0.15) is 0 Å². The van der Waals surface area contributed by atoms with Gasteiger partial charge in [-0.15, -0.1) is 0 Å². The van der Waals surface area contributed by atoms with Gasteiger partial charge in [0.2, 0.25) is 5.43 Å². The maximum atomic E-state index is 13.2. The summed E-state index contributed by atoms with van der Waals surface area (Å²) in [6, 6.07) is 12.9. The lowest BCUT2D eigenvalue weighted by atomic mass is 10.0. The van der Waals surface area contributed by atoms with Crippen LogP contribution in [0, 0.1) is 6.92 Å². The Balaban J connectivity index is 1.51. The number of hydrogen-bond acceptors (Lipinski definition) is 5. The molecule has 0 bridgehead atoms. The van der Waals surface area contributed by atoms with Crippen LogP contribution in [0.5, 0.6) is 11.5 Å². The summed E-state index contributed by atoms with van der Waals surface area (Å²) in [5.74, 6) is 2.04. The summed E-state index contributed by atoms with van der Waals surface area (Å²) in [4.78, 5) is 14.6. The van der Waals surface area contributed by atoms with Crippen molar-refractivity contribution in [2.24, 2.45) is 0 Å². The van der Waals surface area contributed by atoms with Crippen LogP contribution >= 0.6 is 0 Å². The number of rotatable bonds is 6. The van der Waals surface area contributed by atoms with E-state index in [1.165, 1.54) is 4.90 Å². The average molecular weight is 425 g/mol. The monoisotopic (exact) mass is 424 g/mol. The maximum absolute atomic E-state index is 13.2. The Hall–Kier alpha value is -2.83.